The molecule has 6 nitrogen and oxygen atoms in total. The highest BCUT2D eigenvalue weighted by molar-refractivity contribution is 7.89. The molecule has 7 heteroatoms. The molecule has 2 heterocycles. The molecule has 0 radical (unpaired) electrons. The Labute approximate surface area is 120 Å². The molecule has 1 aliphatic heterocycles. The van der Waals surface area contributed by atoms with E-state index in [-0.39, 0.29) is 10.9 Å². The highest BCUT2D eigenvalue weighted by atomic mass is 32.2. The zero-order valence-electron chi connectivity index (χ0n) is 12.2. The first-order valence-corrected chi connectivity index (χ1v) is 8.30. The molecule has 1 fully saturated rings. The van der Waals surface area contributed by atoms with E-state index in [1.165, 1.54) is 6.20 Å². The van der Waals surface area contributed by atoms with E-state index in [0.29, 0.717) is 18.8 Å². The van der Waals surface area contributed by atoms with Gasteiger partial charge in [0.25, 0.3) is 0 Å². The first-order chi connectivity index (χ1) is 9.50. The average Bonchev–Trinajstić information content (AvgIpc) is 2.47. The predicted octanol–water partition coefficient (Wildman–Crippen LogP) is 0.838. The molecule has 1 unspecified atom stereocenters. The van der Waals surface area contributed by atoms with Gasteiger partial charge in [-0.2, -0.15) is 4.31 Å². The summed E-state index contributed by atoms with van der Waals surface area (Å²) in [4.78, 5) is 6.48. The minimum absolute atomic E-state index is 0.234. The maximum absolute atomic E-state index is 12.7. The molecule has 0 spiro atoms. The van der Waals surface area contributed by atoms with Crippen LogP contribution < -0.4 is 5.32 Å². The molecule has 0 aromatic carbocycles. The van der Waals surface area contributed by atoms with E-state index >= 15 is 0 Å². The Kier molecular flexibility index (Phi) is 4.62. The van der Waals surface area contributed by atoms with Crippen molar-refractivity contribution in [2.45, 2.75) is 24.8 Å². The van der Waals surface area contributed by atoms with Gasteiger partial charge in [-0.25, -0.2) is 8.42 Å². The second-order valence-electron chi connectivity index (χ2n) is 4.96. The van der Waals surface area contributed by atoms with Gasteiger partial charge < -0.3 is 5.32 Å². The zero-order valence-corrected chi connectivity index (χ0v) is 13.0. The summed E-state index contributed by atoms with van der Waals surface area (Å²) < 4.78 is 27.0. The lowest BCUT2D eigenvalue weighted by Gasteiger charge is -2.38. The van der Waals surface area contributed by atoms with Gasteiger partial charge in [0.1, 0.15) is 4.90 Å². The smallest absolute Gasteiger partial charge is 0.246 e. The van der Waals surface area contributed by atoms with E-state index in [2.05, 4.69) is 29.0 Å². The summed E-state index contributed by atoms with van der Waals surface area (Å²) in [6, 6.07) is 1.91. The lowest BCUT2D eigenvalue weighted by molar-refractivity contribution is 0.135. The maximum atomic E-state index is 12.7. The molecule has 0 amide bonds. The van der Waals surface area contributed by atoms with E-state index in [0.717, 1.165) is 13.1 Å². The first kappa shape index (κ1) is 15.2. The largest absolute Gasteiger partial charge is 0.387 e. The van der Waals surface area contributed by atoms with Crippen LogP contribution in [0.2, 0.25) is 0 Å². The number of rotatable bonds is 4. The van der Waals surface area contributed by atoms with Crippen LogP contribution in [0.3, 0.4) is 0 Å². The molecule has 0 aliphatic carbocycles. The lowest BCUT2D eigenvalue weighted by atomic mass is 10.2. The molecule has 0 saturated carbocycles. The number of pyridine rings is 1. The van der Waals surface area contributed by atoms with Crippen LogP contribution >= 0.6 is 0 Å². The van der Waals surface area contributed by atoms with Gasteiger partial charge >= 0.3 is 0 Å². The maximum Gasteiger partial charge on any atom is 0.246 e. The van der Waals surface area contributed by atoms with Crippen LogP contribution in [0.1, 0.15) is 13.8 Å². The normalized spacial score (nSPS) is 21.9. The Balaban J connectivity index is 2.27. The molecule has 1 aliphatic rings. The number of aromatic nitrogens is 1. The first-order valence-electron chi connectivity index (χ1n) is 6.86. The number of anilines is 1. The Morgan fingerprint density at radius 2 is 2.20 bits per heavy atom. The Bertz CT molecular complexity index is 561. The number of hydrogen-bond donors (Lipinski definition) is 1. The minimum atomic E-state index is -3.49. The van der Waals surface area contributed by atoms with Gasteiger partial charge in [-0.1, -0.05) is 6.92 Å². The molecule has 112 valence electrons. The van der Waals surface area contributed by atoms with Crippen LogP contribution in [0, 0.1) is 0 Å². The number of nitrogens with zero attached hydrogens (tertiary/aromatic N) is 3. The topological polar surface area (TPSA) is 65.5 Å². The molecule has 1 N–H and O–H groups in total. The second kappa shape index (κ2) is 6.07. The number of hydrogen-bond acceptors (Lipinski definition) is 5. The SMILES string of the molecule is CCN1CCN(S(=O)(=O)c2cnccc2NC)CC1C. The van der Waals surface area contributed by atoms with Crippen molar-refractivity contribution in [3.05, 3.63) is 18.5 Å². The van der Waals surface area contributed by atoms with Crippen LogP contribution in [0.15, 0.2) is 23.4 Å². The van der Waals surface area contributed by atoms with E-state index < -0.39 is 10.0 Å². The van der Waals surface area contributed by atoms with Crippen LogP contribution in [-0.4, -0.2) is 61.9 Å². The quantitative estimate of drug-likeness (QED) is 0.892. The van der Waals surface area contributed by atoms with Crippen LogP contribution in [0.5, 0.6) is 0 Å². The van der Waals surface area contributed by atoms with Crippen LogP contribution in [0.4, 0.5) is 5.69 Å². The molecule has 1 atom stereocenters. The van der Waals surface area contributed by atoms with Crippen molar-refractivity contribution in [1.82, 2.24) is 14.2 Å². The number of sulfonamides is 1. The van der Waals surface area contributed by atoms with Gasteiger partial charge in [-0.15, -0.1) is 0 Å². The van der Waals surface area contributed by atoms with Crippen LogP contribution in [0.25, 0.3) is 0 Å². The summed E-state index contributed by atoms with van der Waals surface area (Å²) in [7, 11) is -1.77. The summed E-state index contributed by atoms with van der Waals surface area (Å²) in [5.74, 6) is 0. The van der Waals surface area contributed by atoms with Gasteiger partial charge in [0.05, 0.1) is 5.69 Å². The minimum Gasteiger partial charge on any atom is -0.387 e. The van der Waals surface area contributed by atoms with E-state index in [1.807, 2.05) is 0 Å². The standard InChI is InChI=1S/C13H22N4O2S/c1-4-16-7-8-17(10-11(16)2)20(18,19)13-9-15-6-5-12(13)14-3/h5-6,9,11H,4,7-8,10H2,1-3H3,(H,14,15). The van der Waals surface area contributed by atoms with Crippen molar-refractivity contribution < 1.29 is 8.42 Å². The molecule has 0 bridgehead atoms. The van der Waals surface area contributed by atoms with Crippen molar-refractivity contribution in [2.24, 2.45) is 0 Å². The number of likely N-dealkylation sites (N-methyl/N-ethyl adjacent to an activating group) is 1. The Hall–Kier alpha value is -1.18. The Morgan fingerprint density at radius 3 is 2.80 bits per heavy atom. The second-order valence-corrected chi connectivity index (χ2v) is 6.87. The summed E-state index contributed by atoms with van der Waals surface area (Å²) in [6.07, 6.45) is 3.00. The Morgan fingerprint density at radius 1 is 1.45 bits per heavy atom. The average molecular weight is 298 g/mol. The van der Waals surface area contributed by atoms with Crippen molar-refractivity contribution in [2.75, 3.05) is 38.5 Å². The molecule has 1 aromatic rings. The summed E-state index contributed by atoms with van der Waals surface area (Å²) >= 11 is 0. The molecular weight excluding hydrogens is 276 g/mol. The van der Waals surface area contributed by atoms with Gasteiger partial charge in [-0.3, -0.25) is 9.88 Å². The third kappa shape index (κ3) is 2.79. The number of nitrogens with one attached hydrogen (secondary N) is 1. The fraction of sp³-hybridized carbons (Fsp3) is 0.615. The molecule has 1 saturated heterocycles. The van der Waals surface area contributed by atoms with Gasteiger partial charge in [0.2, 0.25) is 10.0 Å². The van der Waals surface area contributed by atoms with Gasteiger partial charge in [-0.05, 0) is 19.5 Å². The van der Waals surface area contributed by atoms with Crippen molar-refractivity contribution >= 4 is 15.7 Å². The molecular formula is C13H22N4O2S. The lowest BCUT2D eigenvalue weighted by Crippen LogP contribution is -2.53. The van der Waals surface area contributed by atoms with Crippen molar-refractivity contribution in [3.63, 3.8) is 0 Å². The summed E-state index contributed by atoms with van der Waals surface area (Å²) in [5, 5.41) is 2.92. The molecule has 1 aromatic heterocycles. The van der Waals surface area contributed by atoms with Crippen molar-refractivity contribution in [1.29, 1.82) is 0 Å². The number of piperazine rings is 1. The van der Waals surface area contributed by atoms with Crippen molar-refractivity contribution in [3.8, 4) is 0 Å². The third-order valence-electron chi connectivity index (χ3n) is 3.81. The fourth-order valence-corrected chi connectivity index (χ4v) is 4.24. The van der Waals surface area contributed by atoms with Gasteiger partial charge in [0.15, 0.2) is 0 Å². The monoisotopic (exact) mass is 298 g/mol. The molecule has 20 heavy (non-hydrogen) atoms. The highest BCUT2D eigenvalue weighted by Gasteiger charge is 2.32. The van der Waals surface area contributed by atoms with E-state index in [1.54, 1.807) is 23.6 Å². The molecule has 2 rings (SSSR count). The summed E-state index contributed by atoms with van der Waals surface area (Å²) in [5.41, 5.74) is 0.588. The van der Waals surface area contributed by atoms with Crippen LogP contribution in [-0.2, 0) is 10.0 Å². The van der Waals surface area contributed by atoms with E-state index in [9.17, 15) is 8.42 Å². The third-order valence-corrected chi connectivity index (χ3v) is 5.70. The summed E-state index contributed by atoms with van der Waals surface area (Å²) in [6.45, 7) is 6.93. The highest BCUT2D eigenvalue weighted by Crippen LogP contribution is 2.25. The van der Waals surface area contributed by atoms with Gasteiger partial charge in [0, 0.05) is 45.1 Å². The predicted molar refractivity (Wildman–Crippen MR) is 79.3 cm³/mol. The zero-order chi connectivity index (χ0) is 14.8. The van der Waals surface area contributed by atoms with E-state index in [4.69, 9.17) is 0 Å². The fourth-order valence-electron chi connectivity index (χ4n) is 2.58.